The molecule has 6 heteroatoms. The molecule has 4 rings (SSSR count). The van der Waals surface area contributed by atoms with Gasteiger partial charge in [-0.15, -0.1) is 0 Å². The second-order valence-corrected chi connectivity index (χ2v) is 8.93. The molecule has 1 saturated carbocycles. The van der Waals surface area contributed by atoms with Gasteiger partial charge in [0.05, 0.1) is 11.4 Å². The number of hydrogen-bond acceptors (Lipinski definition) is 4. The highest BCUT2D eigenvalue weighted by molar-refractivity contribution is 7.98. The van der Waals surface area contributed by atoms with Gasteiger partial charge in [-0.1, -0.05) is 42.7 Å². The monoisotopic (exact) mass is 409 g/mol. The van der Waals surface area contributed by atoms with Crippen molar-refractivity contribution in [2.45, 2.75) is 50.4 Å². The smallest absolute Gasteiger partial charge is 0.251 e. The van der Waals surface area contributed by atoms with E-state index in [-0.39, 0.29) is 23.9 Å². The maximum Gasteiger partial charge on any atom is 0.251 e. The minimum Gasteiger partial charge on any atom is -0.371 e. The van der Waals surface area contributed by atoms with Gasteiger partial charge in [0.25, 0.3) is 5.91 Å². The number of fused-ring (bicyclic) bond motifs is 1. The highest BCUT2D eigenvalue weighted by atomic mass is 32.2. The first kappa shape index (κ1) is 19.8. The third-order valence-electron chi connectivity index (χ3n) is 5.55. The van der Waals surface area contributed by atoms with Gasteiger partial charge in [-0.3, -0.25) is 9.59 Å². The molecule has 2 aliphatic rings. The Morgan fingerprint density at radius 2 is 1.86 bits per heavy atom. The molecular formula is C23H27N3O2S. The van der Waals surface area contributed by atoms with Crippen molar-refractivity contribution in [1.29, 1.82) is 0 Å². The van der Waals surface area contributed by atoms with Crippen LogP contribution >= 0.6 is 11.8 Å². The maximum absolute atomic E-state index is 12.5. The number of anilines is 2. The van der Waals surface area contributed by atoms with Crippen molar-refractivity contribution in [1.82, 2.24) is 5.32 Å². The lowest BCUT2D eigenvalue weighted by atomic mass is 10.1. The largest absolute Gasteiger partial charge is 0.371 e. The van der Waals surface area contributed by atoms with Crippen LogP contribution in [0.1, 0.15) is 47.2 Å². The quantitative estimate of drug-likeness (QED) is 0.664. The summed E-state index contributed by atoms with van der Waals surface area (Å²) < 4.78 is 0. The van der Waals surface area contributed by atoms with Crippen LogP contribution in [0, 0.1) is 6.92 Å². The van der Waals surface area contributed by atoms with Gasteiger partial charge in [0.2, 0.25) is 5.91 Å². The van der Waals surface area contributed by atoms with Crippen molar-refractivity contribution in [3.8, 4) is 0 Å². The van der Waals surface area contributed by atoms with Crippen molar-refractivity contribution in [2.24, 2.45) is 0 Å². The van der Waals surface area contributed by atoms with Gasteiger partial charge < -0.3 is 16.0 Å². The van der Waals surface area contributed by atoms with Gasteiger partial charge in [-0.2, -0.15) is 11.8 Å². The number of aryl methyl sites for hydroxylation is 1. The number of amides is 2. The Morgan fingerprint density at radius 1 is 1.10 bits per heavy atom. The van der Waals surface area contributed by atoms with E-state index in [9.17, 15) is 9.59 Å². The molecule has 0 radical (unpaired) electrons. The fraction of sp³-hybridized carbons (Fsp3) is 0.391. The van der Waals surface area contributed by atoms with Crippen LogP contribution in [0.4, 0.5) is 11.4 Å². The summed E-state index contributed by atoms with van der Waals surface area (Å²) in [5.41, 5.74) is 4.64. The Bertz CT molecular complexity index is 891. The van der Waals surface area contributed by atoms with E-state index in [1.807, 2.05) is 12.1 Å². The molecule has 1 aliphatic heterocycles. The minimum atomic E-state index is -0.281. The Morgan fingerprint density at radius 3 is 2.62 bits per heavy atom. The summed E-state index contributed by atoms with van der Waals surface area (Å²) in [7, 11) is 0. The predicted octanol–water partition coefficient (Wildman–Crippen LogP) is 4.33. The van der Waals surface area contributed by atoms with Crippen LogP contribution in [0.25, 0.3) is 0 Å². The number of thioether (sulfide) groups is 1. The SMILES string of the molecule is Cc1ccc(CSCC2Nc3ccc(C(=O)NC4CCCC4)cc3NC2=O)cc1. The van der Waals surface area contributed by atoms with E-state index in [1.165, 1.54) is 24.0 Å². The number of nitrogens with one attached hydrogen (secondary N) is 3. The van der Waals surface area contributed by atoms with Crippen LogP contribution in [-0.4, -0.2) is 29.7 Å². The first-order chi connectivity index (χ1) is 14.1. The van der Waals surface area contributed by atoms with Crippen LogP contribution in [0.15, 0.2) is 42.5 Å². The normalized spacial score (nSPS) is 18.7. The zero-order chi connectivity index (χ0) is 20.2. The Labute approximate surface area is 176 Å². The van der Waals surface area contributed by atoms with Crippen LogP contribution in [0.2, 0.25) is 0 Å². The average Bonchev–Trinajstić information content (AvgIpc) is 3.22. The zero-order valence-electron chi connectivity index (χ0n) is 16.7. The number of carbonyl (C=O) groups excluding carboxylic acids is 2. The predicted molar refractivity (Wildman–Crippen MR) is 120 cm³/mol. The van der Waals surface area contributed by atoms with E-state index < -0.39 is 0 Å². The van der Waals surface area contributed by atoms with E-state index in [4.69, 9.17) is 0 Å². The Balaban J connectivity index is 1.34. The first-order valence-electron chi connectivity index (χ1n) is 10.2. The maximum atomic E-state index is 12.5. The summed E-state index contributed by atoms with van der Waals surface area (Å²) in [6.07, 6.45) is 4.46. The van der Waals surface area contributed by atoms with E-state index in [0.717, 1.165) is 24.3 Å². The molecule has 3 N–H and O–H groups in total. The van der Waals surface area contributed by atoms with Gasteiger partial charge >= 0.3 is 0 Å². The van der Waals surface area contributed by atoms with Crippen molar-refractivity contribution >= 4 is 35.0 Å². The topological polar surface area (TPSA) is 70.2 Å². The van der Waals surface area contributed by atoms with Crippen molar-refractivity contribution < 1.29 is 9.59 Å². The molecule has 0 spiro atoms. The third kappa shape index (κ3) is 4.93. The lowest BCUT2D eigenvalue weighted by Gasteiger charge is -2.27. The van der Waals surface area contributed by atoms with Crippen LogP contribution < -0.4 is 16.0 Å². The van der Waals surface area contributed by atoms with E-state index in [0.29, 0.717) is 17.0 Å². The van der Waals surface area contributed by atoms with Crippen LogP contribution in [-0.2, 0) is 10.5 Å². The second kappa shape index (κ2) is 8.91. The number of rotatable bonds is 6. The van der Waals surface area contributed by atoms with Crippen LogP contribution in [0.3, 0.4) is 0 Å². The highest BCUT2D eigenvalue weighted by Gasteiger charge is 2.26. The van der Waals surface area contributed by atoms with Gasteiger partial charge in [0, 0.05) is 23.1 Å². The first-order valence-corrected chi connectivity index (χ1v) is 11.4. The van der Waals surface area contributed by atoms with Crippen molar-refractivity contribution in [3.63, 3.8) is 0 Å². The summed E-state index contributed by atoms with van der Waals surface area (Å²) in [4.78, 5) is 25.0. The Hall–Kier alpha value is -2.47. The van der Waals surface area contributed by atoms with E-state index >= 15 is 0 Å². The molecule has 2 aromatic rings. The molecule has 1 heterocycles. The fourth-order valence-electron chi connectivity index (χ4n) is 3.82. The minimum absolute atomic E-state index is 0.0535. The highest BCUT2D eigenvalue weighted by Crippen LogP contribution is 2.29. The molecule has 1 aliphatic carbocycles. The molecular weight excluding hydrogens is 382 g/mol. The zero-order valence-corrected chi connectivity index (χ0v) is 17.5. The van der Waals surface area contributed by atoms with E-state index in [2.05, 4.69) is 47.1 Å². The molecule has 152 valence electrons. The molecule has 0 saturated heterocycles. The van der Waals surface area contributed by atoms with Crippen LogP contribution in [0.5, 0.6) is 0 Å². The Kier molecular flexibility index (Phi) is 6.09. The molecule has 0 aromatic heterocycles. The third-order valence-corrected chi connectivity index (χ3v) is 6.66. The molecule has 0 bridgehead atoms. The summed E-state index contributed by atoms with van der Waals surface area (Å²) in [6, 6.07) is 13.9. The summed E-state index contributed by atoms with van der Waals surface area (Å²) in [5.74, 6) is 1.44. The van der Waals surface area contributed by atoms with Gasteiger partial charge in [0.1, 0.15) is 6.04 Å². The molecule has 29 heavy (non-hydrogen) atoms. The molecule has 1 fully saturated rings. The lowest BCUT2D eigenvalue weighted by molar-refractivity contribution is -0.116. The molecule has 1 atom stereocenters. The van der Waals surface area contributed by atoms with Gasteiger partial charge in [-0.25, -0.2) is 0 Å². The molecule has 1 unspecified atom stereocenters. The second-order valence-electron chi connectivity index (χ2n) is 7.90. The summed E-state index contributed by atoms with van der Waals surface area (Å²) in [5, 5.41) is 9.37. The van der Waals surface area contributed by atoms with Gasteiger partial charge in [0.15, 0.2) is 0 Å². The van der Waals surface area contributed by atoms with Gasteiger partial charge in [-0.05, 0) is 43.5 Å². The summed E-state index contributed by atoms with van der Waals surface area (Å²) in [6.45, 7) is 2.08. The number of carbonyl (C=O) groups is 2. The number of hydrogen-bond donors (Lipinski definition) is 3. The lowest BCUT2D eigenvalue weighted by Crippen LogP contribution is -2.41. The molecule has 2 amide bonds. The molecule has 5 nitrogen and oxygen atoms in total. The van der Waals surface area contributed by atoms with E-state index in [1.54, 1.807) is 17.8 Å². The number of benzene rings is 2. The standard InChI is InChI=1S/C23H27N3O2S/c1-15-6-8-16(9-7-15)13-29-14-21-23(28)26-20-12-17(10-11-19(20)25-21)22(27)24-18-4-2-3-5-18/h6-12,18,21,25H,2-5,13-14H2,1H3,(H,24,27)(H,26,28). The van der Waals surface area contributed by atoms with Crippen molar-refractivity contribution in [3.05, 3.63) is 59.2 Å². The summed E-state index contributed by atoms with van der Waals surface area (Å²) >= 11 is 1.74. The fourth-order valence-corrected chi connectivity index (χ4v) is 4.84. The van der Waals surface area contributed by atoms with Crippen molar-refractivity contribution in [2.75, 3.05) is 16.4 Å². The molecule has 2 aromatic carbocycles. The average molecular weight is 410 g/mol.